The average molecular weight is 294 g/mol. The van der Waals surface area contributed by atoms with E-state index in [0.717, 1.165) is 6.54 Å². The van der Waals surface area contributed by atoms with E-state index in [1.807, 2.05) is 0 Å². The number of carbonyl (C=O) groups is 1. The van der Waals surface area contributed by atoms with Crippen molar-refractivity contribution < 1.29 is 17.8 Å². The molecule has 0 aromatic heterocycles. The topological polar surface area (TPSA) is 109 Å². The summed E-state index contributed by atoms with van der Waals surface area (Å²) in [5.74, 6) is -0.507. The Labute approximate surface area is 116 Å². The highest BCUT2D eigenvalue weighted by Gasteiger charge is 2.04. The van der Waals surface area contributed by atoms with E-state index in [-0.39, 0.29) is 11.7 Å². The van der Waals surface area contributed by atoms with Crippen molar-refractivity contribution in [2.75, 3.05) is 18.8 Å². The second-order valence-electron chi connectivity index (χ2n) is 4.17. The lowest BCUT2D eigenvalue weighted by Crippen LogP contribution is -2.25. The van der Waals surface area contributed by atoms with Crippen LogP contribution in [0, 0.1) is 0 Å². The molecule has 0 radical (unpaired) electrons. The molecular weight excluding hydrogens is 268 g/mol. The fraction of sp³-hybridized carbons (Fsp3) is 0.750. The van der Waals surface area contributed by atoms with Gasteiger partial charge in [0.1, 0.15) is 0 Å². The van der Waals surface area contributed by atoms with Crippen LogP contribution in [0.3, 0.4) is 0 Å². The van der Waals surface area contributed by atoms with Crippen molar-refractivity contribution in [3.05, 3.63) is 12.2 Å². The molecule has 0 spiro atoms. The van der Waals surface area contributed by atoms with Gasteiger partial charge >= 0.3 is 0 Å². The Balaban J connectivity index is 0. The van der Waals surface area contributed by atoms with Crippen LogP contribution in [-0.2, 0) is 14.9 Å². The van der Waals surface area contributed by atoms with Crippen molar-refractivity contribution in [1.29, 1.82) is 0 Å². The number of hydrogen-bond donors (Lipinski definition) is 3. The molecule has 1 amide bonds. The van der Waals surface area contributed by atoms with Crippen LogP contribution in [0.25, 0.3) is 0 Å². The van der Waals surface area contributed by atoms with Gasteiger partial charge in [0.2, 0.25) is 5.91 Å². The van der Waals surface area contributed by atoms with Gasteiger partial charge in [0.25, 0.3) is 10.1 Å². The molecule has 0 rings (SSSR count). The van der Waals surface area contributed by atoms with E-state index in [9.17, 15) is 13.2 Å². The van der Waals surface area contributed by atoms with Crippen molar-refractivity contribution in [1.82, 2.24) is 5.32 Å². The van der Waals surface area contributed by atoms with Crippen molar-refractivity contribution in [2.45, 2.75) is 39.5 Å². The highest BCUT2D eigenvalue weighted by Crippen LogP contribution is 1.93. The van der Waals surface area contributed by atoms with Gasteiger partial charge in [0, 0.05) is 12.1 Å². The first kappa shape index (κ1) is 20.4. The molecule has 0 aromatic rings. The Bertz CT molecular complexity index is 351. The summed E-state index contributed by atoms with van der Waals surface area (Å²) in [6.07, 6.45) is 3.23. The second-order valence-corrected chi connectivity index (χ2v) is 5.74. The molecule has 0 aliphatic carbocycles. The lowest BCUT2D eigenvalue weighted by atomic mass is 10.3. The molecule has 0 bridgehead atoms. The smallest absolute Gasteiger partial charge is 0.264 e. The molecule has 0 aromatic carbocycles. The maximum absolute atomic E-state index is 10.9. The maximum Gasteiger partial charge on any atom is 0.264 e. The molecule has 6 nitrogen and oxygen atoms in total. The minimum atomic E-state index is -3.87. The molecule has 0 atom stereocenters. The molecule has 4 N–H and O–H groups in total. The lowest BCUT2D eigenvalue weighted by Gasteiger charge is -2.03. The van der Waals surface area contributed by atoms with Gasteiger partial charge in [-0.15, -0.1) is 0 Å². The third kappa shape index (κ3) is 19.6. The molecule has 0 heterocycles. The molecular formula is C12H26N2O4S. The number of nitrogens with one attached hydrogen (secondary N) is 1. The van der Waals surface area contributed by atoms with Crippen molar-refractivity contribution >= 4 is 16.0 Å². The summed E-state index contributed by atoms with van der Waals surface area (Å²) in [7, 11) is -3.87. The Morgan fingerprint density at radius 2 is 1.89 bits per heavy atom. The summed E-state index contributed by atoms with van der Waals surface area (Å²) in [5.41, 5.74) is 5.56. The summed E-state index contributed by atoms with van der Waals surface area (Å²) >= 11 is 0. The van der Waals surface area contributed by atoms with Crippen LogP contribution in [0.2, 0.25) is 0 Å². The maximum atomic E-state index is 10.9. The summed E-state index contributed by atoms with van der Waals surface area (Å²) in [6, 6.07) is 0. The van der Waals surface area contributed by atoms with Crippen molar-refractivity contribution in [2.24, 2.45) is 5.73 Å². The van der Waals surface area contributed by atoms with Gasteiger partial charge in [0.15, 0.2) is 0 Å². The minimum absolute atomic E-state index is 0.239. The summed E-state index contributed by atoms with van der Waals surface area (Å²) < 4.78 is 29.0. The minimum Gasteiger partial charge on any atom is -0.352 e. The lowest BCUT2D eigenvalue weighted by molar-refractivity contribution is -0.117. The number of unbranched alkanes of at least 4 members (excludes halogenated alkanes) is 2. The number of nitrogens with two attached hydrogens (primary N) is 1. The van der Waals surface area contributed by atoms with Crippen LogP contribution in [0.15, 0.2) is 12.2 Å². The normalized spacial score (nSPS) is 10.3. The zero-order valence-corrected chi connectivity index (χ0v) is 12.6. The fourth-order valence-electron chi connectivity index (χ4n) is 0.966. The largest absolute Gasteiger partial charge is 0.352 e. The molecule has 0 fully saturated rings. The summed E-state index contributed by atoms with van der Waals surface area (Å²) in [5, 5.41) is 2.55. The van der Waals surface area contributed by atoms with Crippen LogP contribution < -0.4 is 11.1 Å². The number of amides is 1. The Morgan fingerprint density at radius 3 is 2.21 bits per heavy atom. The molecule has 114 valence electrons. The van der Waals surface area contributed by atoms with Gasteiger partial charge in [0.05, 0.1) is 5.75 Å². The summed E-state index contributed by atoms with van der Waals surface area (Å²) in [6.45, 7) is 8.40. The van der Waals surface area contributed by atoms with E-state index >= 15 is 0 Å². The Hall–Kier alpha value is -0.920. The third-order valence-electron chi connectivity index (χ3n) is 2.06. The van der Waals surface area contributed by atoms with Crippen LogP contribution in [0.5, 0.6) is 0 Å². The van der Waals surface area contributed by atoms with E-state index in [2.05, 4.69) is 18.8 Å². The fourth-order valence-corrected chi connectivity index (χ4v) is 1.54. The SMILES string of the molecule is C=C(C)C(=O)NCCCCS(=O)(=O)O.CCCCN. The van der Waals surface area contributed by atoms with E-state index in [1.165, 1.54) is 12.8 Å². The molecule has 0 unspecified atom stereocenters. The number of carbonyl (C=O) groups excluding carboxylic acids is 1. The Kier molecular flexibility index (Phi) is 13.0. The van der Waals surface area contributed by atoms with Crippen molar-refractivity contribution in [3.8, 4) is 0 Å². The van der Waals surface area contributed by atoms with Gasteiger partial charge in [-0.3, -0.25) is 9.35 Å². The van der Waals surface area contributed by atoms with Crippen LogP contribution in [-0.4, -0.2) is 37.7 Å². The van der Waals surface area contributed by atoms with Crippen molar-refractivity contribution in [3.63, 3.8) is 0 Å². The first-order valence-electron chi connectivity index (χ1n) is 6.33. The van der Waals surface area contributed by atoms with Gasteiger partial charge < -0.3 is 11.1 Å². The first-order valence-corrected chi connectivity index (χ1v) is 7.94. The molecule has 0 saturated carbocycles. The van der Waals surface area contributed by atoms with Gasteiger partial charge in [-0.2, -0.15) is 8.42 Å². The zero-order valence-electron chi connectivity index (χ0n) is 11.8. The number of hydrogen-bond acceptors (Lipinski definition) is 4. The summed E-state index contributed by atoms with van der Waals surface area (Å²) in [4.78, 5) is 10.9. The van der Waals surface area contributed by atoms with E-state index in [0.29, 0.717) is 25.0 Å². The zero-order chi connectivity index (χ0) is 15.3. The van der Waals surface area contributed by atoms with E-state index in [4.69, 9.17) is 10.3 Å². The standard InChI is InChI=1S/C8H15NO4S.C4H11N/c1-7(2)8(10)9-5-3-4-6-14(11,12)13;1-2-3-4-5/h1,3-6H2,2H3,(H,9,10)(H,11,12,13);2-5H2,1H3. The predicted octanol–water partition coefficient (Wildman–Crippen LogP) is 1.09. The predicted molar refractivity (Wildman–Crippen MR) is 77.4 cm³/mol. The highest BCUT2D eigenvalue weighted by atomic mass is 32.2. The number of rotatable bonds is 8. The van der Waals surface area contributed by atoms with E-state index < -0.39 is 10.1 Å². The molecule has 19 heavy (non-hydrogen) atoms. The Morgan fingerprint density at radius 1 is 1.32 bits per heavy atom. The molecule has 7 heteroatoms. The van der Waals surface area contributed by atoms with Crippen LogP contribution >= 0.6 is 0 Å². The van der Waals surface area contributed by atoms with Gasteiger partial charge in [-0.05, 0) is 32.7 Å². The quantitative estimate of drug-likeness (QED) is 0.353. The monoisotopic (exact) mass is 294 g/mol. The molecule has 0 aliphatic rings. The molecule has 0 aliphatic heterocycles. The third-order valence-corrected chi connectivity index (χ3v) is 2.86. The van der Waals surface area contributed by atoms with Crippen LogP contribution in [0.4, 0.5) is 0 Å². The van der Waals surface area contributed by atoms with Gasteiger partial charge in [-0.1, -0.05) is 19.9 Å². The highest BCUT2D eigenvalue weighted by molar-refractivity contribution is 7.85. The first-order chi connectivity index (χ1) is 8.74. The van der Waals surface area contributed by atoms with E-state index in [1.54, 1.807) is 6.92 Å². The molecule has 0 saturated heterocycles. The van der Waals surface area contributed by atoms with Crippen LogP contribution in [0.1, 0.15) is 39.5 Å². The average Bonchev–Trinajstić information content (AvgIpc) is 2.28. The van der Waals surface area contributed by atoms with Gasteiger partial charge in [-0.25, -0.2) is 0 Å². The second kappa shape index (κ2) is 12.1.